The van der Waals surface area contributed by atoms with E-state index < -0.39 is 5.97 Å². The lowest BCUT2D eigenvalue weighted by atomic mass is 10.2. The van der Waals surface area contributed by atoms with E-state index in [1.807, 2.05) is 0 Å². The Labute approximate surface area is 52.8 Å². The summed E-state index contributed by atoms with van der Waals surface area (Å²) in [4.78, 5) is 10.2. The monoisotopic (exact) mass is 120 g/mol. The molecule has 2 nitrogen and oxygen atoms in total. The van der Waals surface area contributed by atoms with E-state index in [1.54, 1.807) is 0 Å². The van der Waals surface area contributed by atoms with Crippen LogP contribution in [0.5, 0.6) is 0 Å². The SMILES string of the molecule is O=C(O)c1c[c][c]cc1. The van der Waals surface area contributed by atoms with Crippen LogP contribution in [0, 0.1) is 12.1 Å². The zero-order valence-corrected chi connectivity index (χ0v) is 4.59. The molecule has 44 valence electrons. The highest BCUT2D eigenvalue weighted by molar-refractivity contribution is 5.87. The third-order valence-corrected chi connectivity index (χ3v) is 0.904. The fourth-order valence-corrected chi connectivity index (χ4v) is 0.480. The highest BCUT2D eigenvalue weighted by Crippen LogP contribution is 1.94. The molecule has 0 saturated carbocycles. The molecule has 0 unspecified atom stereocenters. The Hall–Kier alpha value is -1.31. The highest BCUT2D eigenvalue weighted by atomic mass is 16.4. The Kier molecular flexibility index (Phi) is 1.49. The van der Waals surface area contributed by atoms with Crippen LogP contribution >= 0.6 is 0 Å². The number of carboxylic acid groups (broad SMARTS) is 1. The normalized spacial score (nSPS) is 8.89. The van der Waals surface area contributed by atoms with Gasteiger partial charge in [0.05, 0.1) is 5.56 Å². The summed E-state index contributed by atoms with van der Waals surface area (Å²) in [6.07, 6.45) is 0. The van der Waals surface area contributed by atoms with Crippen molar-refractivity contribution in [1.29, 1.82) is 0 Å². The van der Waals surface area contributed by atoms with E-state index in [1.165, 1.54) is 18.2 Å². The van der Waals surface area contributed by atoms with E-state index in [-0.39, 0.29) is 5.56 Å². The van der Waals surface area contributed by atoms with Crippen LogP contribution in [-0.4, -0.2) is 11.1 Å². The molecule has 0 aliphatic heterocycles. The molecule has 0 heterocycles. The molecule has 1 N–H and O–H groups in total. The number of hydrogen-bond donors (Lipinski definition) is 1. The molecule has 9 heavy (non-hydrogen) atoms. The van der Waals surface area contributed by atoms with Crippen LogP contribution in [0.3, 0.4) is 0 Å². The maximum absolute atomic E-state index is 10.2. The molecule has 0 spiro atoms. The van der Waals surface area contributed by atoms with Crippen molar-refractivity contribution in [2.75, 3.05) is 0 Å². The van der Waals surface area contributed by atoms with Gasteiger partial charge in [0.15, 0.2) is 0 Å². The first kappa shape index (κ1) is 5.82. The Morgan fingerprint density at radius 3 is 2.67 bits per heavy atom. The van der Waals surface area contributed by atoms with Crippen molar-refractivity contribution in [1.82, 2.24) is 0 Å². The first-order valence-electron chi connectivity index (χ1n) is 2.42. The summed E-state index contributed by atoms with van der Waals surface area (Å²) in [5.74, 6) is -0.930. The van der Waals surface area contributed by atoms with E-state index in [0.717, 1.165) is 0 Å². The van der Waals surface area contributed by atoms with Crippen molar-refractivity contribution in [3.05, 3.63) is 35.9 Å². The quantitative estimate of drug-likeness (QED) is 0.599. The van der Waals surface area contributed by atoms with Gasteiger partial charge in [-0.25, -0.2) is 4.79 Å². The Balaban J connectivity index is 2.98. The zero-order chi connectivity index (χ0) is 6.69. The highest BCUT2D eigenvalue weighted by Gasteiger charge is 1.97. The van der Waals surface area contributed by atoms with Gasteiger partial charge in [-0.3, -0.25) is 0 Å². The van der Waals surface area contributed by atoms with Gasteiger partial charge in [-0.1, -0.05) is 6.07 Å². The summed E-state index contributed by atoms with van der Waals surface area (Å²) < 4.78 is 0. The summed E-state index contributed by atoms with van der Waals surface area (Å²) >= 11 is 0. The van der Waals surface area contributed by atoms with Crippen molar-refractivity contribution in [2.45, 2.75) is 0 Å². The molecule has 0 fully saturated rings. The molecule has 1 rings (SSSR count). The summed E-state index contributed by atoms with van der Waals surface area (Å²) in [7, 11) is 0. The van der Waals surface area contributed by atoms with Crippen LogP contribution < -0.4 is 0 Å². The fraction of sp³-hybridized carbons (Fsp3) is 0. The van der Waals surface area contributed by atoms with Gasteiger partial charge in [-0.15, -0.1) is 0 Å². The van der Waals surface area contributed by atoms with Gasteiger partial charge in [0.2, 0.25) is 0 Å². The number of hydrogen-bond acceptors (Lipinski definition) is 1. The topological polar surface area (TPSA) is 37.3 Å². The van der Waals surface area contributed by atoms with Crippen LogP contribution in [0.15, 0.2) is 18.2 Å². The lowest BCUT2D eigenvalue weighted by molar-refractivity contribution is 0.0697. The fourth-order valence-electron chi connectivity index (χ4n) is 0.480. The Morgan fingerprint density at radius 1 is 1.56 bits per heavy atom. The second-order valence-electron chi connectivity index (χ2n) is 1.53. The molecule has 0 aliphatic rings. The molecule has 0 atom stereocenters. The molecule has 1 aromatic carbocycles. The lowest BCUT2D eigenvalue weighted by Crippen LogP contribution is -1.93. The number of carbonyl (C=O) groups is 1. The predicted octanol–water partition coefficient (Wildman–Crippen LogP) is 0.985. The molecule has 0 amide bonds. The van der Waals surface area contributed by atoms with Crippen molar-refractivity contribution < 1.29 is 9.90 Å². The van der Waals surface area contributed by atoms with E-state index in [4.69, 9.17) is 5.11 Å². The molecule has 0 saturated heterocycles. The van der Waals surface area contributed by atoms with Crippen LogP contribution in [-0.2, 0) is 0 Å². The van der Waals surface area contributed by atoms with E-state index in [2.05, 4.69) is 12.1 Å². The largest absolute Gasteiger partial charge is 0.478 e. The van der Waals surface area contributed by atoms with Crippen LogP contribution in [0.4, 0.5) is 0 Å². The average molecular weight is 120 g/mol. The third kappa shape index (κ3) is 1.29. The summed E-state index contributed by atoms with van der Waals surface area (Å²) in [6, 6.07) is 9.50. The molecular weight excluding hydrogens is 116 g/mol. The van der Waals surface area contributed by atoms with Gasteiger partial charge in [0.25, 0.3) is 0 Å². The van der Waals surface area contributed by atoms with Gasteiger partial charge < -0.3 is 5.11 Å². The van der Waals surface area contributed by atoms with Gasteiger partial charge in [-0.05, 0) is 24.3 Å². The van der Waals surface area contributed by atoms with Crippen molar-refractivity contribution in [3.63, 3.8) is 0 Å². The molecule has 1 aromatic rings. The van der Waals surface area contributed by atoms with Crippen molar-refractivity contribution in [2.24, 2.45) is 0 Å². The van der Waals surface area contributed by atoms with Gasteiger partial charge in [0, 0.05) is 0 Å². The number of carboxylic acids is 1. The van der Waals surface area contributed by atoms with Gasteiger partial charge in [0.1, 0.15) is 0 Å². The maximum atomic E-state index is 10.2. The number of benzene rings is 1. The van der Waals surface area contributed by atoms with Crippen LogP contribution in [0.25, 0.3) is 0 Å². The van der Waals surface area contributed by atoms with Gasteiger partial charge in [-0.2, -0.15) is 0 Å². The van der Waals surface area contributed by atoms with Crippen LogP contribution in [0.2, 0.25) is 0 Å². The summed E-state index contributed by atoms with van der Waals surface area (Å²) in [5, 5.41) is 8.35. The van der Waals surface area contributed by atoms with E-state index in [9.17, 15) is 4.79 Å². The third-order valence-electron chi connectivity index (χ3n) is 0.904. The molecule has 0 aliphatic carbocycles. The smallest absolute Gasteiger partial charge is 0.335 e. The second kappa shape index (κ2) is 2.31. The number of rotatable bonds is 1. The minimum absolute atomic E-state index is 0.244. The van der Waals surface area contributed by atoms with Crippen LogP contribution in [0.1, 0.15) is 10.4 Å². The Bertz CT molecular complexity index is 203. The molecule has 2 heteroatoms. The van der Waals surface area contributed by atoms with Crippen molar-refractivity contribution in [3.8, 4) is 0 Å². The Morgan fingerprint density at radius 2 is 2.33 bits per heavy atom. The summed E-state index contributed by atoms with van der Waals surface area (Å²) in [5.41, 5.74) is 0.244. The standard InChI is InChI=1S/C7H4O2/c8-7(9)6-4-2-1-3-5-6/h2,4-5H,(H,8,9). The van der Waals surface area contributed by atoms with Crippen molar-refractivity contribution >= 4 is 5.97 Å². The van der Waals surface area contributed by atoms with E-state index in [0.29, 0.717) is 0 Å². The lowest BCUT2D eigenvalue weighted by Gasteiger charge is -1.87. The van der Waals surface area contributed by atoms with Gasteiger partial charge >= 0.3 is 5.97 Å². The first-order valence-corrected chi connectivity index (χ1v) is 2.42. The predicted molar refractivity (Wildman–Crippen MR) is 31.1 cm³/mol. The minimum Gasteiger partial charge on any atom is -0.478 e. The molecular formula is C7H4O2. The molecule has 2 radical (unpaired) electrons. The molecule has 0 aromatic heterocycles. The number of aromatic carboxylic acids is 1. The second-order valence-corrected chi connectivity index (χ2v) is 1.53. The first-order chi connectivity index (χ1) is 4.30. The van der Waals surface area contributed by atoms with E-state index >= 15 is 0 Å². The zero-order valence-electron chi connectivity index (χ0n) is 4.59. The summed E-state index contributed by atoms with van der Waals surface area (Å²) in [6.45, 7) is 0. The average Bonchev–Trinajstić information content (AvgIpc) is 1.90. The maximum Gasteiger partial charge on any atom is 0.335 e. The minimum atomic E-state index is -0.930. The molecule has 0 bridgehead atoms.